The summed E-state index contributed by atoms with van der Waals surface area (Å²) in [6.07, 6.45) is 3.57. The summed E-state index contributed by atoms with van der Waals surface area (Å²) < 4.78 is 12.8. The summed E-state index contributed by atoms with van der Waals surface area (Å²) in [5.74, 6) is 1.58. The Labute approximate surface area is 209 Å². The maximum Gasteiger partial charge on any atom is 0.130 e. The van der Waals surface area contributed by atoms with Gasteiger partial charge in [0.1, 0.15) is 24.7 Å². The van der Waals surface area contributed by atoms with E-state index < -0.39 is 0 Å². The molecule has 0 aliphatic carbocycles. The van der Waals surface area contributed by atoms with Gasteiger partial charge in [0, 0.05) is 23.5 Å². The molecule has 0 radical (unpaired) electrons. The van der Waals surface area contributed by atoms with Gasteiger partial charge in [0.15, 0.2) is 0 Å². The Hall–Kier alpha value is -4.70. The van der Waals surface area contributed by atoms with Crippen LogP contribution in [0.25, 0.3) is 32.7 Å². The highest BCUT2D eigenvalue weighted by Crippen LogP contribution is 2.45. The number of hydrogen-bond acceptors (Lipinski definition) is 4. The minimum absolute atomic E-state index is 0.376. The highest BCUT2D eigenvalue weighted by Gasteiger charge is 2.19. The van der Waals surface area contributed by atoms with Crippen LogP contribution in [0, 0.1) is 0 Å². The van der Waals surface area contributed by atoms with Crippen molar-refractivity contribution in [1.82, 2.24) is 9.97 Å². The van der Waals surface area contributed by atoms with Crippen LogP contribution < -0.4 is 9.47 Å². The normalized spacial score (nSPS) is 11.0. The van der Waals surface area contributed by atoms with E-state index in [9.17, 15) is 0 Å². The van der Waals surface area contributed by atoms with Crippen LogP contribution in [0.15, 0.2) is 122 Å². The maximum atomic E-state index is 6.42. The molecule has 0 aliphatic heterocycles. The maximum absolute atomic E-state index is 6.42. The molecule has 4 aromatic carbocycles. The lowest BCUT2D eigenvalue weighted by Crippen LogP contribution is -2.02. The Balaban J connectivity index is 1.53. The molecule has 36 heavy (non-hydrogen) atoms. The number of hydrogen-bond donors (Lipinski definition) is 0. The summed E-state index contributed by atoms with van der Waals surface area (Å²) in [7, 11) is 0. The van der Waals surface area contributed by atoms with E-state index in [0.717, 1.165) is 55.6 Å². The lowest BCUT2D eigenvalue weighted by Gasteiger charge is -2.19. The summed E-state index contributed by atoms with van der Waals surface area (Å²) in [5, 5.41) is 4.49. The quantitative estimate of drug-likeness (QED) is 0.242. The Morgan fingerprint density at radius 3 is 1.33 bits per heavy atom. The van der Waals surface area contributed by atoms with Crippen molar-refractivity contribution in [3.63, 3.8) is 0 Å². The third kappa shape index (κ3) is 4.37. The molecule has 0 spiro atoms. The molecule has 174 valence electrons. The van der Waals surface area contributed by atoms with Gasteiger partial charge < -0.3 is 9.47 Å². The average molecular weight is 469 g/mol. The Morgan fingerprint density at radius 2 is 0.889 bits per heavy atom. The summed E-state index contributed by atoms with van der Waals surface area (Å²) in [6, 6.07) is 36.8. The van der Waals surface area contributed by atoms with Crippen LogP contribution in [0.2, 0.25) is 0 Å². The molecular weight excluding hydrogens is 444 g/mol. The van der Waals surface area contributed by atoms with Gasteiger partial charge in [0.25, 0.3) is 0 Å². The highest BCUT2D eigenvalue weighted by molar-refractivity contribution is 6.09. The van der Waals surface area contributed by atoms with Gasteiger partial charge in [-0.2, -0.15) is 0 Å². The molecule has 2 heterocycles. The van der Waals surface area contributed by atoms with Crippen LogP contribution in [-0.2, 0) is 13.2 Å². The van der Waals surface area contributed by atoms with Gasteiger partial charge in [-0.05, 0) is 57.9 Å². The molecule has 4 nitrogen and oxygen atoms in total. The molecule has 0 saturated heterocycles. The summed E-state index contributed by atoms with van der Waals surface area (Å²) >= 11 is 0. The van der Waals surface area contributed by atoms with Gasteiger partial charge in [-0.25, -0.2) is 0 Å². The number of rotatable bonds is 7. The van der Waals surface area contributed by atoms with E-state index in [1.165, 1.54) is 0 Å². The molecule has 0 fully saturated rings. The fraction of sp³-hybridized carbons (Fsp3) is 0.0625. The van der Waals surface area contributed by atoms with Crippen LogP contribution in [0.1, 0.15) is 11.4 Å². The van der Waals surface area contributed by atoms with Crippen molar-refractivity contribution in [1.29, 1.82) is 0 Å². The fourth-order valence-corrected chi connectivity index (χ4v) is 4.53. The Bertz CT molecular complexity index is 1510. The minimum Gasteiger partial charge on any atom is -0.487 e. The second-order valence-corrected chi connectivity index (χ2v) is 8.54. The van der Waals surface area contributed by atoms with Crippen molar-refractivity contribution in [2.45, 2.75) is 13.2 Å². The topological polar surface area (TPSA) is 44.2 Å². The molecule has 4 heteroatoms. The van der Waals surface area contributed by atoms with Crippen molar-refractivity contribution in [3.8, 4) is 22.6 Å². The minimum atomic E-state index is 0.376. The number of nitrogens with zero attached hydrogens (tertiary/aromatic N) is 2. The Morgan fingerprint density at radius 1 is 0.444 bits per heavy atom. The molecule has 0 saturated carbocycles. The molecule has 0 amide bonds. The fourth-order valence-electron chi connectivity index (χ4n) is 4.53. The predicted molar refractivity (Wildman–Crippen MR) is 144 cm³/mol. The van der Waals surface area contributed by atoms with Crippen LogP contribution in [0.5, 0.6) is 11.5 Å². The molecule has 6 aromatic rings. The molecular formula is C32H24N2O2. The molecule has 0 unspecified atom stereocenters. The van der Waals surface area contributed by atoms with Crippen molar-refractivity contribution in [2.24, 2.45) is 0 Å². The molecule has 0 atom stereocenters. The number of fused-ring (bicyclic) bond motifs is 2. The highest BCUT2D eigenvalue weighted by atomic mass is 16.5. The van der Waals surface area contributed by atoms with Crippen molar-refractivity contribution >= 4 is 21.5 Å². The van der Waals surface area contributed by atoms with Gasteiger partial charge >= 0.3 is 0 Å². The first kappa shape index (κ1) is 21.8. The van der Waals surface area contributed by atoms with Crippen LogP contribution in [-0.4, -0.2) is 9.97 Å². The molecule has 0 aliphatic rings. The van der Waals surface area contributed by atoms with Crippen LogP contribution in [0.3, 0.4) is 0 Å². The van der Waals surface area contributed by atoms with Crippen LogP contribution in [0.4, 0.5) is 0 Å². The number of pyridine rings is 2. The van der Waals surface area contributed by atoms with E-state index >= 15 is 0 Å². The van der Waals surface area contributed by atoms with E-state index in [0.29, 0.717) is 13.2 Å². The Kier molecular flexibility index (Phi) is 5.99. The number of benzene rings is 4. The molecule has 2 aromatic heterocycles. The van der Waals surface area contributed by atoms with Crippen molar-refractivity contribution in [2.75, 3.05) is 0 Å². The van der Waals surface area contributed by atoms with Crippen molar-refractivity contribution < 1.29 is 9.47 Å². The predicted octanol–water partition coefficient (Wildman–Crippen LogP) is 7.61. The van der Waals surface area contributed by atoms with Gasteiger partial charge in [0.2, 0.25) is 0 Å². The monoisotopic (exact) mass is 468 g/mol. The van der Waals surface area contributed by atoms with E-state index in [1.807, 2.05) is 48.5 Å². The summed E-state index contributed by atoms with van der Waals surface area (Å²) in [6.45, 7) is 0.752. The van der Waals surface area contributed by atoms with Gasteiger partial charge in [-0.15, -0.1) is 0 Å². The zero-order valence-corrected chi connectivity index (χ0v) is 19.7. The zero-order valence-electron chi connectivity index (χ0n) is 19.7. The smallest absolute Gasteiger partial charge is 0.130 e. The summed E-state index contributed by atoms with van der Waals surface area (Å²) in [5.41, 5.74) is 3.77. The molecule has 0 N–H and O–H groups in total. The van der Waals surface area contributed by atoms with Crippen molar-refractivity contribution in [3.05, 3.63) is 133 Å². The SMILES string of the molecule is c1ccc(COc2ccc3ccccc3c2-c2c(OCc3ccccn3)ccc3ccccc23)nc1. The lowest BCUT2D eigenvalue weighted by molar-refractivity contribution is 0.298. The van der Waals surface area contributed by atoms with Gasteiger partial charge in [-0.3, -0.25) is 9.97 Å². The molecule has 0 bridgehead atoms. The van der Waals surface area contributed by atoms with Crippen LogP contribution >= 0.6 is 0 Å². The number of aromatic nitrogens is 2. The largest absolute Gasteiger partial charge is 0.487 e. The standard InChI is InChI=1S/C32H24N2O2/c1-3-13-27-23(9-1)15-17-29(35-21-25-11-5-7-19-33-25)31(27)32-28-14-4-2-10-24(28)16-18-30(32)36-22-26-12-6-8-20-34-26/h1-20H,21-22H2. The van der Waals surface area contributed by atoms with E-state index in [4.69, 9.17) is 9.47 Å². The van der Waals surface area contributed by atoms with Gasteiger partial charge in [0.05, 0.1) is 11.4 Å². The first-order valence-electron chi connectivity index (χ1n) is 12.0. The van der Waals surface area contributed by atoms with Gasteiger partial charge in [-0.1, -0.05) is 72.8 Å². The lowest BCUT2D eigenvalue weighted by atomic mass is 9.92. The average Bonchev–Trinajstić information content (AvgIpc) is 2.95. The third-order valence-electron chi connectivity index (χ3n) is 6.23. The first-order chi connectivity index (χ1) is 17.9. The van der Waals surface area contributed by atoms with E-state index in [-0.39, 0.29) is 0 Å². The zero-order chi connectivity index (χ0) is 24.2. The second kappa shape index (κ2) is 9.88. The number of ether oxygens (including phenoxy) is 2. The molecule has 6 rings (SSSR count). The first-order valence-corrected chi connectivity index (χ1v) is 12.0. The van der Waals surface area contributed by atoms with E-state index in [1.54, 1.807) is 12.4 Å². The summed E-state index contributed by atoms with van der Waals surface area (Å²) in [4.78, 5) is 8.86. The third-order valence-corrected chi connectivity index (χ3v) is 6.23. The van der Waals surface area contributed by atoms with E-state index in [2.05, 4.69) is 70.6 Å². The second-order valence-electron chi connectivity index (χ2n) is 8.54.